The lowest BCUT2D eigenvalue weighted by Crippen LogP contribution is -2.21. The maximum atomic E-state index is 13.8. The Morgan fingerprint density at radius 1 is 1.03 bits per heavy atom. The zero-order chi connectivity index (χ0) is 25.6. The van der Waals surface area contributed by atoms with E-state index < -0.39 is 0 Å². The number of allylic oxidation sites excluding steroid dienone is 1. The highest BCUT2D eigenvalue weighted by molar-refractivity contribution is 5.97. The van der Waals surface area contributed by atoms with E-state index in [2.05, 4.69) is 15.5 Å². The average molecular weight is 494 g/mol. The first-order valence-electron chi connectivity index (χ1n) is 11.9. The Hall–Kier alpha value is -4.78. The van der Waals surface area contributed by atoms with Crippen LogP contribution >= 0.6 is 0 Å². The quantitative estimate of drug-likeness (QED) is 0.254. The van der Waals surface area contributed by atoms with E-state index in [0.29, 0.717) is 29.3 Å². The normalized spacial score (nSPS) is 14.7. The van der Waals surface area contributed by atoms with Crippen molar-refractivity contribution < 1.29 is 18.7 Å². The van der Waals surface area contributed by atoms with Gasteiger partial charge >= 0.3 is 0 Å². The molecule has 0 unspecified atom stereocenters. The van der Waals surface area contributed by atoms with E-state index in [4.69, 9.17) is 9.47 Å². The fourth-order valence-electron chi connectivity index (χ4n) is 4.25. The highest BCUT2D eigenvalue weighted by Crippen LogP contribution is 2.45. The van der Waals surface area contributed by atoms with Gasteiger partial charge in [-0.25, -0.2) is 9.82 Å². The molecule has 1 amide bonds. The summed E-state index contributed by atoms with van der Waals surface area (Å²) >= 11 is 0. The van der Waals surface area contributed by atoms with Gasteiger partial charge in [-0.1, -0.05) is 30.3 Å². The van der Waals surface area contributed by atoms with Crippen molar-refractivity contribution in [2.24, 2.45) is 5.10 Å². The van der Waals surface area contributed by atoms with Gasteiger partial charge in [0.25, 0.3) is 5.91 Å². The Kier molecular flexibility index (Phi) is 7.03. The average Bonchev–Trinajstić information content (AvgIpc) is 2.94. The van der Waals surface area contributed by atoms with E-state index in [-0.39, 0.29) is 17.6 Å². The standard InChI is InChI=1S/C30H24FN3O3/c1-2-36-24-13-9-21(10-14-24)29-26(19-33-34-30(35)22-15-17-32-18-16-22)28(20-7-11-23(31)12-8-20)25-5-3-4-6-27(25)37-29/h3-19,28H,2H2,1H3,(H,34,35)/b33-19+/t28-/m0/s1. The Morgan fingerprint density at radius 2 is 1.76 bits per heavy atom. The lowest BCUT2D eigenvalue weighted by atomic mass is 9.81. The van der Waals surface area contributed by atoms with Gasteiger partial charge in [0.1, 0.15) is 23.1 Å². The fourth-order valence-corrected chi connectivity index (χ4v) is 4.25. The molecule has 0 spiro atoms. The summed E-state index contributed by atoms with van der Waals surface area (Å²) in [7, 11) is 0. The van der Waals surface area contributed by atoms with Gasteiger partial charge in [0.2, 0.25) is 0 Å². The van der Waals surface area contributed by atoms with Gasteiger partial charge in [0.05, 0.1) is 12.8 Å². The van der Waals surface area contributed by atoms with Gasteiger partial charge in [0, 0.05) is 40.6 Å². The van der Waals surface area contributed by atoms with Crippen molar-refractivity contribution in [2.45, 2.75) is 12.8 Å². The van der Waals surface area contributed by atoms with Gasteiger partial charge in [-0.3, -0.25) is 9.78 Å². The second-order valence-electron chi connectivity index (χ2n) is 8.30. The van der Waals surface area contributed by atoms with Crippen LogP contribution in [0, 0.1) is 5.82 Å². The number of amides is 1. The Bertz CT molecular complexity index is 1450. The molecule has 1 aliphatic heterocycles. The van der Waals surface area contributed by atoms with E-state index in [0.717, 1.165) is 22.4 Å². The van der Waals surface area contributed by atoms with Gasteiger partial charge in [0.15, 0.2) is 0 Å². The second-order valence-corrected chi connectivity index (χ2v) is 8.30. The Balaban J connectivity index is 1.60. The lowest BCUT2D eigenvalue weighted by Gasteiger charge is -2.30. The molecule has 0 saturated heterocycles. The number of pyridine rings is 1. The number of para-hydroxylation sites is 1. The highest BCUT2D eigenvalue weighted by Gasteiger charge is 2.31. The summed E-state index contributed by atoms with van der Waals surface area (Å²) in [4.78, 5) is 16.5. The minimum atomic E-state index is -0.364. The van der Waals surface area contributed by atoms with Crippen LogP contribution in [0.15, 0.2) is 108 Å². The monoisotopic (exact) mass is 493 g/mol. The van der Waals surface area contributed by atoms with Gasteiger partial charge in [-0.2, -0.15) is 5.10 Å². The number of ether oxygens (including phenoxy) is 2. The molecule has 1 atom stereocenters. The maximum absolute atomic E-state index is 13.8. The molecule has 0 saturated carbocycles. The molecule has 0 aliphatic carbocycles. The van der Waals surface area contributed by atoms with Crippen molar-refractivity contribution in [3.8, 4) is 11.5 Å². The number of halogens is 1. The number of hydrogen-bond donors (Lipinski definition) is 1. The molecular weight excluding hydrogens is 469 g/mol. The maximum Gasteiger partial charge on any atom is 0.271 e. The molecule has 0 radical (unpaired) electrons. The number of rotatable bonds is 7. The molecule has 5 rings (SSSR count). The predicted molar refractivity (Wildman–Crippen MR) is 140 cm³/mol. The minimum absolute atomic E-state index is 0.311. The molecule has 3 aromatic carbocycles. The molecular formula is C30H24FN3O3. The van der Waals surface area contributed by atoms with Gasteiger partial charge < -0.3 is 9.47 Å². The van der Waals surface area contributed by atoms with Crippen molar-refractivity contribution in [1.29, 1.82) is 0 Å². The van der Waals surface area contributed by atoms with Crippen LogP contribution in [0.4, 0.5) is 4.39 Å². The van der Waals surface area contributed by atoms with Gasteiger partial charge in [-0.05, 0) is 67.1 Å². The molecule has 2 heterocycles. The smallest absolute Gasteiger partial charge is 0.271 e. The molecule has 184 valence electrons. The first-order valence-corrected chi connectivity index (χ1v) is 11.9. The number of hydrogen-bond acceptors (Lipinski definition) is 5. The molecule has 4 aromatic rings. The van der Waals surface area contributed by atoms with Crippen LogP contribution in [0.2, 0.25) is 0 Å². The third kappa shape index (κ3) is 5.26. The van der Waals surface area contributed by atoms with Crippen LogP contribution in [0.1, 0.15) is 39.9 Å². The lowest BCUT2D eigenvalue weighted by molar-refractivity contribution is 0.0955. The van der Waals surface area contributed by atoms with E-state index in [9.17, 15) is 9.18 Å². The zero-order valence-electron chi connectivity index (χ0n) is 20.1. The molecule has 1 aromatic heterocycles. The van der Waals surface area contributed by atoms with Crippen LogP contribution in [0.25, 0.3) is 5.76 Å². The molecule has 1 aliphatic rings. The van der Waals surface area contributed by atoms with Crippen molar-refractivity contribution in [3.05, 3.63) is 131 Å². The van der Waals surface area contributed by atoms with Gasteiger partial charge in [-0.15, -0.1) is 0 Å². The second kappa shape index (κ2) is 10.9. The number of aromatic nitrogens is 1. The molecule has 37 heavy (non-hydrogen) atoms. The number of nitrogens with zero attached hydrogens (tertiary/aromatic N) is 2. The molecule has 7 heteroatoms. The van der Waals surface area contributed by atoms with Crippen LogP contribution in [0.3, 0.4) is 0 Å². The summed E-state index contributed by atoms with van der Waals surface area (Å²) in [5.41, 5.74) is 6.32. The first-order chi connectivity index (χ1) is 18.1. The molecule has 6 nitrogen and oxygen atoms in total. The summed E-state index contributed by atoms with van der Waals surface area (Å²) in [6, 6.07) is 24.9. The largest absolute Gasteiger partial charge is 0.494 e. The minimum Gasteiger partial charge on any atom is -0.494 e. The summed E-state index contributed by atoms with van der Waals surface area (Å²) < 4.78 is 25.8. The number of nitrogens with one attached hydrogen (secondary N) is 1. The summed E-state index contributed by atoms with van der Waals surface area (Å²) in [5.74, 6) is 1.03. The van der Waals surface area contributed by atoms with Crippen LogP contribution < -0.4 is 14.9 Å². The molecule has 1 N–H and O–H groups in total. The summed E-state index contributed by atoms with van der Waals surface area (Å²) in [6.45, 7) is 2.49. The van der Waals surface area contributed by atoms with Crippen molar-refractivity contribution in [1.82, 2.24) is 10.4 Å². The first kappa shape index (κ1) is 23.9. The summed E-state index contributed by atoms with van der Waals surface area (Å²) in [6.07, 6.45) is 4.68. The van der Waals surface area contributed by atoms with Crippen LogP contribution in [-0.4, -0.2) is 23.7 Å². The fraction of sp³-hybridized carbons (Fsp3) is 0.100. The number of carbonyl (C=O) groups is 1. The molecule has 0 bridgehead atoms. The van der Waals surface area contributed by atoms with Crippen LogP contribution in [0.5, 0.6) is 11.5 Å². The SMILES string of the molecule is CCOc1ccc(C2=C(/C=N/NC(=O)c3ccncc3)[C@@H](c3ccc(F)cc3)c3ccccc3O2)cc1. The van der Waals surface area contributed by atoms with Crippen molar-refractivity contribution in [3.63, 3.8) is 0 Å². The third-order valence-corrected chi connectivity index (χ3v) is 5.96. The topological polar surface area (TPSA) is 72.8 Å². The summed E-state index contributed by atoms with van der Waals surface area (Å²) in [5, 5.41) is 4.28. The number of carbonyl (C=O) groups excluding carboxylic acids is 1. The predicted octanol–water partition coefficient (Wildman–Crippen LogP) is 5.97. The number of benzene rings is 3. The van der Waals surface area contributed by atoms with Crippen molar-refractivity contribution >= 4 is 17.9 Å². The zero-order valence-corrected chi connectivity index (χ0v) is 20.1. The Morgan fingerprint density at radius 3 is 2.49 bits per heavy atom. The van der Waals surface area contributed by atoms with Crippen molar-refractivity contribution in [2.75, 3.05) is 6.61 Å². The number of fused-ring (bicyclic) bond motifs is 1. The Labute approximate surface area is 214 Å². The molecule has 0 fully saturated rings. The van der Waals surface area contributed by atoms with E-state index in [1.807, 2.05) is 55.5 Å². The number of hydrazone groups is 1. The third-order valence-electron chi connectivity index (χ3n) is 5.96. The van der Waals surface area contributed by atoms with Crippen LogP contribution in [-0.2, 0) is 0 Å². The highest BCUT2D eigenvalue weighted by atomic mass is 19.1. The van der Waals surface area contributed by atoms with E-state index in [1.165, 1.54) is 12.1 Å². The van der Waals surface area contributed by atoms with E-state index >= 15 is 0 Å². The van der Waals surface area contributed by atoms with E-state index in [1.54, 1.807) is 42.9 Å².